The summed E-state index contributed by atoms with van der Waals surface area (Å²) in [5, 5.41) is 5.74. The summed E-state index contributed by atoms with van der Waals surface area (Å²) in [5.74, 6) is -0.535. The Labute approximate surface area is 190 Å². The number of aromatic nitrogens is 2. The molecular weight excluding hydrogens is 417 g/mol. The number of halogens is 1. The van der Waals surface area contributed by atoms with Crippen LogP contribution < -0.4 is 5.73 Å². The average molecular weight is 437 g/mol. The number of hydrogen-bond donors (Lipinski definition) is 1. The topological polar surface area (TPSA) is 77.6 Å². The van der Waals surface area contributed by atoms with Crippen LogP contribution in [0.5, 0.6) is 0 Å². The molecule has 3 aromatic carbocycles. The number of fused-ring (bicyclic) bond motifs is 2. The number of rotatable bonds is 3. The van der Waals surface area contributed by atoms with Crippen LogP contribution in [0.25, 0.3) is 38.0 Å². The Morgan fingerprint density at radius 1 is 1.18 bits per heavy atom. The van der Waals surface area contributed by atoms with Gasteiger partial charge >= 0.3 is 0 Å². The zero-order valence-electron chi connectivity index (χ0n) is 18.2. The molecule has 0 aliphatic carbocycles. The van der Waals surface area contributed by atoms with E-state index in [4.69, 9.17) is 12.3 Å². The van der Waals surface area contributed by atoms with Gasteiger partial charge in [0.15, 0.2) is 5.78 Å². The van der Waals surface area contributed by atoms with Gasteiger partial charge in [0.1, 0.15) is 12.4 Å². The molecule has 7 heteroatoms. The molecule has 162 valence electrons. The summed E-state index contributed by atoms with van der Waals surface area (Å²) in [6.07, 6.45) is 1.66. The fourth-order valence-corrected chi connectivity index (χ4v) is 4.63. The van der Waals surface area contributed by atoms with E-state index >= 15 is 4.39 Å². The number of nitrogens with zero attached hydrogens (tertiary/aromatic N) is 4. The van der Waals surface area contributed by atoms with Gasteiger partial charge in [0.25, 0.3) is 0 Å². The molecule has 0 spiro atoms. The maximum atomic E-state index is 15.5. The summed E-state index contributed by atoms with van der Waals surface area (Å²) in [4.78, 5) is 20.5. The van der Waals surface area contributed by atoms with Gasteiger partial charge in [-0.05, 0) is 41.0 Å². The highest BCUT2D eigenvalue weighted by molar-refractivity contribution is 6.17. The number of hydrogen-bond acceptors (Lipinski definition) is 4. The number of benzene rings is 3. The third-order valence-electron chi connectivity index (χ3n) is 6.10. The summed E-state index contributed by atoms with van der Waals surface area (Å²) >= 11 is 0. The minimum absolute atomic E-state index is 0.0477. The third kappa shape index (κ3) is 3.15. The molecule has 6 nitrogen and oxygen atoms in total. The lowest BCUT2D eigenvalue weighted by Crippen LogP contribution is -2.25. The fourth-order valence-electron chi connectivity index (χ4n) is 4.63. The van der Waals surface area contributed by atoms with Crippen LogP contribution in [-0.4, -0.2) is 34.4 Å². The lowest BCUT2D eigenvalue weighted by Gasteiger charge is -2.19. The highest BCUT2D eigenvalue weighted by Gasteiger charge is 2.26. The highest BCUT2D eigenvalue weighted by atomic mass is 19.1. The van der Waals surface area contributed by atoms with Crippen LogP contribution in [0, 0.1) is 19.3 Å². The van der Waals surface area contributed by atoms with Gasteiger partial charge in [-0.3, -0.25) is 14.5 Å². The van der Waals surface area contributed by atoms with Crippen molar-refractivity contribution < 1.29 is 9.18 Å². The third-order valence-corrected chi connectivity index (χ3v) is 6.10. The second-order valence-electron chi connectivity index (χ2n) is 8.05. The Bertz CT molecular complexity index is 1540. The van der Waals surface area contributed by atoms with Gasteiger partial charge in [0.2, 0.25) is 5.69 Å². The molecule has 0 radical (unpaired) electrons. The largest absolute Gasteiger partial charge is 0.325 e. The van der Waals surface area contributed by atoms with Crippen LogP contribution in [0.4, 0.5) is 10.1 Å². The molecule has 0 unspecified atom stereocenters. The van der Waals surface area contributed by atoms with Crippen molar-refractivity contribution in [3.63, 3.8) is 0 Å². The summed E-state index contributed by atoms with van der Waals surface area (Å²) < 4.78 is 17.0. The molecule has 1 aliphatic rings. The molecule has 33 heavy (non-hydrogen) atoms. The van der Waals surface area contributed by atoms with E-state index in [9.17, 15) is 4.79 Å². The van der Waals surface area contributed by atoms with Crippen molar-refractivity contribution in [2.45, 2.75) is 6.92 Å². The first kappa shape index (κ1) is 20.7. The Kier molecular flexibility index (Phi) is 4.88. The number of nitrogens with two attached hydrogens (primary N) is 1. The van der Waals surface area contributed by atoms with E-state index in [0.717, 1.165) is 11.1 Å². The average Bonchev–Trinajstić information content (AvgIpc) is 3.18. The molecule has 0 fully saturated rings. The van der Waals surface area contributed by atoms with E-state index in [1.54, 1.807) is 24.0 Å². The number of Topliss-reactive ketones (excluding diaryl/α,β-unsaturated/α-hetero) is 1. The van der Waals surface area contributed by atoms with Gasteiger partial charge in [-0.2, -0.15) is 5.10 Å². The predicted molar refractivity (Wildman–Crippen MR) is 127 cm³/mol. The molecule has 0 saturated heterocycles. The Balaban J connectivity index is 1.80. The van der Waals surface area contributed by atoms with Crippen molar-refractivity contribution in [3.8, 4) is 22.4 Å². The summed E-state index contributed by atoms with van der Waals surface area (Å²) in [5.41, 5.74) is 11.0. The molecular formula is C26H20FN5O. The number of carbonyl (C=O) groups excluding carboxylic acids is 1. The first-order valence-electron chi connectivity index (χ1n) is 10.5. The van der Waals surface area contributed by atoms with Crippen LogP contribution in [0.15, 0.2) is 53.7 Å². The second-order valence-corrected chi connectivity index (χ2v) is 8.05. The van der Waals surface area contributed by atoms with Crippen molar-refractivity contribution in [3.05, 3.63) is 82.6 Å². The van der Waals surface area contributed by atoms with Crippen LogP contribution in [0.2, 0.25) is 0 Å². The predicted octanol–water partition coefficient (Wildman–Crippen LogP) is 4.85. The molecule has 2 heterocycles. The Morgan fingerprint density at radius 3 is 2.73 bits per heavy atom. The maximum Gasteiger partial charge on any atom is 0.207 e. The van der Waals surface area contributed by atoms with E-state index in [1.165, 1.54) is 6.07 Å². The first-order valence-corrected chi connectivity index (χ1v) is 10.5. The number of ketones is 1. The van der Waals surface area contributed by atoms with Gasteiger partial charge in [-0.1, -0.05) is 30.3 Å². The normalized spacial score (nSPS) is 13.1. The second kappa shape index (κ2) is 7.76. The van der Waals surface area contributed by atoms with Crippen LogP contribution in [-0.2, 0) is 7.05 Å². The van der Waals surface area contributed by atoms with Gasteiger partial charge < -0.3 is 5.73 Å². The summed E-state index contributed by atoms with van der Waals surface area (Å²) in [6.45, 7) is 9.98. The van der Waals surface area contributed by atoms with Gasteiger partial charge in [-0.25, -0.2) is 9.24 Å². The van der Waals surface area contributed by atoms with Gasteiger partial charge in [0.05, 0.1) is 24.2 Å². The van der Waals surface area contributed by atoms with E-state index in [-0.39, 0.29) is 30.1 Å². The lowest BCUT2D eigenvalue weighted by molar-refractivity contribution is 0.0999. The molecule has 1 aromatic heterocycles. The molecule has 0 atom stereocenters. The molecule has 5 rings (SSSR count). The quantitative estimate of drug-likeness (QED) is 0.466. The van der Waals surface area contributed by atoms with Crippen LogP contribution in [0.1, 0.15) is 21.5 Å². The van der Waals surface area contributed by atoms with E-state index in [2.05, 4.69) is 14.9 Å². The molecule has 4 aromatic rings. The number of aliphatic imine (C=N–C) groups is 1. The molecule has 0 amide bonds. The van der Waals surface area contributed by atoms with E-state index in [0.29, 0.717) is 38.9 Å². The number of carbonyl (C=O) groups is 1. The van der Waals surface area contributed by atoms with E-state index in [1.807, 2.05) is 37.3 Å². The Hall–Kier alpha value is -4.15. The first-order chi connectivity index (χ1) is 15.9. The standard InChI is InChI=1S/C26H20FN5O/c1-14-8-16(9-18-21(11-28)30-13-22(33)23(14)18)19-12-31-32(3)26(19)24-20(27)10-15-6-4-5-7-17(15)25(24)29-2/h4-10,12H,11,13,28H2,1,3H3. The monoisotopic (exact) mass is 437 g/mol. The van der Waals surface area contributed by atoms with Gasteiger partial charge in [0, 0.05) is 35.8 Å². The molecule has 1 aliphatic heterocycles. The lowest BCUT2D eigenvalue weighted by atomic mass is 9.88. The molecule has 0 bridgehead atoms. The molecule has 0 saturated carbocycles. The maximum absolute atomic E-state index is 15.5. The smallest absolute Gasteiger partial charge is 0.207 e. The molecule has 2 N–H and O–H groups in total. The van der Waals surface area contributed by atoms with Crippen molar-refractivity contribution in [1.82, 2.24) is 9.78 Å². The number of aryl methyl sites for hydroxylation is 2. The minimum Gasteiger partial charge on any atom is -0.325 e. The zero-order valence-corrected chi connectivity index (χ0v) is 18.2. The van der Waals surface area contributed by atoms with E-state index < -0.39 is 5.82 Å². The van der Waals surface area contributed by atoms with Crippen LogP contribution >= 0.6 is 0 Å². The van der Waals surface area contributed by atoms with Gasteiger partial charge in [-0.15, -0.1) is 0 Å². The van der Waals surface area contributed by atoms with Crippen molar-refractivity contribution in [2.75, 3.05) is 13.1 Å². The van der Waals surface area contributed by atoms with Crippen molar-refractivity contribution in [1.29, 1.82) is 0 Å². The fraction of sp³-hybridized carbons (Fsp3) is 0.154. The zero-order chi connectivity index (χ0) is 23.3. The minimum atomic E-state index is -0.487. The highest BCUT2D eigenvalue weighted by Crippen LogP contribution is 2.43. The summed E-state index contributed by atoms with van der Waals surface area (Å²) in [6, 6.07) is 12.5. The SMILES string of the molecule is [C-]#[N+]c1c(-c2c(-c3cc(C)c4c(c3)C(CN)=NCC4=O)cnn2C)c(F)cc2ccccc12. The van der Waals surface area contributed by atoms with Crippen molar-refractivity contribution >= 4 is 28.0 Å². The summed E-state index contributed by atoms with van der Waals surface area (Å²) in [7, 11) is 1.72. The van der Waals surface area contributed by atoms with Crippen molar-refractivity contribution in [2.24, 2.45) is 17.8 Å². The van der Waals surface area contributed by atoms with Crippen LogP contribution in [0.3, 0.4) is 0 Å². The Morgan fingerprint density at radius 2 is 1.97 bits per heavy atom.